The van der Waals surface area contributed by atoms with E-state index in [0.29, 0.717) is 73.1 Å². The van der Waals surface area contributed by atoms with Gasteiger partial charge in [-0.15, -0.1) is 0 Å². The zero-order valence-corrected chi connectivity index (χ0v) is 22.6. The van der Waals surface area contributed by atoms with Crippen LogP contribution in [0.3, 0.4) is 0 Å². The summed E-state index contributed by atoms with van der Waals surface area (Å²) in [6.07, 6.45) is 5.25. The first-order chi connectivity index (χ1) is 18.5. The Bertz CT molecular complexity index is 1490. The number of aliphatic hydroxyl groups is 2. The Balaban J connectivity index is 1.48. The Hall–Kier alpha value is -3.54. The molecule has 9 nitrogen and oxygen atoms in total. The van der Waals surface area contributed by atoms with Gasteiger partial charge in [0.05, 0.1) is 29.2 Å². The number of halogens is 2. The zero-order valence-electron chi connectivity index (χ0n) is 22.6. The molecule has 0 amide bonds. The Morgan fingerprint density at radius 3 is 2.33 bits per heavy atom. The predicted octanol–water partition coefficient (Wildman–Crippen LogP) is 3.49. The van der Waals surface area contributed by atoms with Gasteiger partial charge in [0.1, 0.15) is 28.4 Å². The fourth-order valence-electron chi connectivity index (χ4n) is 4.61. The van der Waals surface area contributed by atoms with Crippen molar-refractivity contribution in [2.75, 3.05) is 31.1 Å². The van der Waals surface area contributed by atoms with E-state index in [9.17, 15) is 19.0 Å². The maximum Gasteiger partial charge on any atom is 0.156 e. The molecule has 2 N–H and O–H groups in total. The van der Waals surface area contributed by atoms with Gasteiger partial charge in [-0.1, -0.05) is 6.07 Å². The smallest absolute Gasteiger partial charge is 0.156 e. The lowest BCUT2D eigenvalue weighted by Gasteiger charge is -2.36. The van der Waals surface area contributed by atoms with Gasteiger partial charge >= 0.3 is 0 Å². The topological polar surface area (TPSA) is 103 Å². The normalized spacial score (nSPS) is 16.6. The first kappa shape index (κ1) is 27.0. The van der Waals surface area contributed by atoms with Crippen molar-refractivity contribution in [3.63, 3.8) is 0 Å². The average Bonchev–Trinajstić information content (AvgIpc) is 3.38. The third-order valence-electron chi connectivity index (χ3n) is 7.53. The van der Waals surface area contributed by atoms with Crippen LogP contribution in [-0.4, -0.2) is 71.6 Å². The maximum absolute atomic E-state index is 14.2. The Kier molecular flexibility index (Phi) is 7.08. The molecular weight excluding hydrogens is 504 g/mol. The number of rotatable bonds is 7. The highest BCUT2D eigenvalue weighted by atomic mass is 19.1. The fourth-order valence-corrected chi connectivity index (χ4v) is 4.61. The number of nitrogens with zero attached hydrogens (tertiary/aromatic N) is 7. The second kappa shape index (κ2) is 10.2. The minimum atomic E-state index is -1.61. The Morgan fingerprint density at radius 2 is 1.69 bits per heavy atom. The van der Waals surface area contributed by atoms with Crippen LogP contribution in [0.4, 0.5) is 14.6 Å². The van der Waals surface area contributed by atoms with Crippen LogP contribution in [-0.2, 0) is 18.7 Å². The predicted molar refractivity (Wildman–Crippen MR) is 144 cm³/mol. The number of piperazine rings is 1. The molecule has 3 aromatic heterocycles. The van der Waals surface area contributed by atoms with E-state index in [1.54, 1.807) is 18.5 Å². The molecule has 1 fully saturated rings. The summed E-state index contributed by atoms with van der Waals surface area (Å²) >= 11 is 0. The molecule has 39 heavy (non-hydrogen) atoms. The first-order valence-electron chi connectivity index (χ1n) is 13.0. The van der Waals surface area contributed by atoms with Gasteiger partial charge in [0.25, 0.3) is 0 Å². The summed E-state index contributed by atoms with van der Waals surface area (Å²) in [5, 5.41) is 25.9. The fraction of sp³-hybridized carbons (Fsp3) is 0.429. The maximum atomic E-state index is 14.2. The summed E-state index contributed by atoms with van der Waals surface area (Å²) in [5.74, 6) is -0.456. The van der Waals surface area contributed by atoms with Crippen LogP contribution >= 0.6 is 0 Å². The molecule has 0 aliphatic carbocycles. The molecule has 4 aromatic rings. The number of anilines is 1. The summed E-state index contributed by atoms with van der Waals surface area (Å²) in [4.78, 5) is 18.5. The third-order valence-corrected chi connectivity index (χ3v) is 7.53. The number of hydrogen-bond acceptors (Lipinski definition) is 8. The van der Waals surface area contributed by atoms with Gasteiger partial charge < -0.3 is 15.1 Å². The number of aromatic nitrogens is 5. The lowest BCUT2D eigenvalue weighted by Crippen LogP contribution is -2.46. The number of fused-ring (bicyclic) bond motifs is 1. The van der Waals surface area contributed by atoms with Crippen LogP contribution in [0.25, 0.3) is 22.3 Å². The van der Waals surface area contributed by atoms with Crippen LogP contribution in [0.15, 0.2) is 42.9 Å². The van der Waals surface area contributed by atoms with E-state index in [-0.39, 0.29) is 0 Å². The highest BCUT2D eigenvalue weighted by Gasteiger charge is 2.40. The molecule has 1 atom stereocenters. The molecule has 0 bridgehead atoms. The molecule has 5 rings (SSSR count). The van der Waals surface area contributed by atoms with Crippen molar-refractivity contribution in [2.24, 2.45) is 0 Å². The number of aryl methyl sites for hydroxylation is 1. The molecule has 1 saturated heterocycles. The third kappa shape index (κ3) is 5.34. The van der Waals surface area contributed by atoms with E-state index in [4.69, 9.17) is 9.97 Å². The number of benzene rings is 1. The van der Waals surface area contributed by atoms with Crippen molar-refractivity contribution in [3.8, 4) is 11.3 Å². The highest BCUT2D eigenvalue weighted by molar-refractivity contribution is 5.83. The minimum Gasteiger partial charge on any atom is -0.387 e. The first-order valence-corrected chi connectivity index (χ1v) is 13.0. The van der Waals surface area contributed by atoms with E-state index < -0.39 is 22.8 Å². The van der Waals surface area contributed by atoms with E-state index in [1.807, 2.05) is 17.8 Å². The van der Waals surface area contributed by atoms with Gasteiger partial charge in [0.15, 0.2) is 5.82 Å². The molecule has 1 aromatic carbocycles. The Labute approximate surface area is 225 Å². The van der Waals surface area contributed by atoms with Gasteiger partial charge in [-0.05, 0) is 39.8 Å². The molecule has 0 saturated carbocycles. The van der Waals surface area contributed by atoms with E-state index in [1.165, 1.54) is 32.9 Å². The molecule has 1 aliphatic heterocycles. The van der Waals surface area contributed by atoms with Crippen LogP contribution in [0.1, 0.15) is 39.0 Å². The molecular formula is C28H33F2N7O2. The molecule has 0 unspecified atom stereocenters. The second-order valence-electron chi connectivity index (χ2n) is 10.7. The van der Waals surface area contributed by atoms with Crippen LogP contribution in [0.2, 0.25) is 0 Å². The van der Waals surface area contributed by atoms with Crippen molar-refractivity contribution in [3.05, 3.63) is 65.7 Å². The molecule has 0 radical (unpaired) electrons. The lowest BCUT2D eigenvalue weighted by atomic mass is 9.84. The second-order valence-corrected chi connectivity index (χ2v) is 10.7. The van der Waals surface area contributed by atoms with Crippen molar-refractivity contribution >= 4 is 16.9 Å². The van der Waals surface area contributed by atoms with Gasteiger partial charge in [-0.2, -0.15) is 5.10 Å². The quantitative estimate of drug-likeness (QED) is 0.369. The molecule has 0 spiro atoms. The van der Waals surface area contributed by atoms with E-state index >= 15 is 0 Å². The molecule has 11 heteroatoms. The number of pyridine rings is 1. The van der Waals surface area contributed by atoms with Gasteiger partial charge in [0.2, 0.25) is 0 Å². The average molecular weight is 538 g/mol. The van der Waals surface area contributed by atoms with Gasteiger partial charge in [-0.3, -0.25) is 14.6 Å². The van der Waals surface area contributed by atoms with Crippen LogP contribution < -0.4 is 4.90 Å². The van der Waals surface area contributed by atoms with E-state index in [0.717, 1.165) is 11.6 Å². The van der Waals surface area contributed by atoms with E-state index in [2.05, 4.69) is 19.9 Å². The van der Waals surface area contributed by atoms with Crippen LogP contribution in [0, 0.1) is 11.6 Å². The highest BCUT2D eigenvalue weighted by Crippen LogP contribution is 2.34. The molecule has 1 aliphatic rings. The Morgan fingerprint density at radius 1 is 0.949 bits per heavy atom. The van der Waals surface area contributed by atoms with Gasteiger partial charge in [0, 0.05) is 62.7 Å². The summed E-state index contributed by atoms with van der Waals surface area (Å²) in [7, 11) is 0. The van der Waals surface area contributed by atoms with Crippen molar-refractivity contribution < 1.29 is 19.0 Å². The summed E-state index contributed by atoms with van der Waals surface area (Å²) < 4.78 is 29.4. The van der Waals surface area contributed by atoms with Gasteiger partial charge in [-0.25, -0.2) is 18.7 Å². The SMILES string of the molecule is CCn1cc(-c2nc3cnc([C@@](C)(O)C(C)(C)O)cc3nc2N2CCN(Cc3ccc(F)cc3F)CC2)cn1. The summed E-state index contributed by atoms with van der Waals surface area (Å²) in [6.45, 7) is 10.2. The zero-order chi connectivity index (χ0) is 27.9. The lowest BCUT2D eigenvalue weighted by molar-refractivity contribution is -0.127. The monoisotopic (exact) mass is 537 g/mol. The molecule has 4 heterocycles. The minimum absolute atomic E-state index is 0.292. The van der Waals surface area contributed by atoms with Crippen LogP contribution in [0.5, 0.6) is 0 Å². The number of hydrogen-bond donors (Lipinski definition) is 2. The molecule has 206 valence electrons. The largest absolute Gasteiger partial charge is 0.387 e. The van der Waals surface area contributed by atoms with Crippen molar-refractivity contribution in [1.82, 2.24) is 29.6 Å². The standard InChI is InChI=1S/C28H33F2N7O2/c1-5-37-17-19(14-32-37)25-26(34-22-13-24(31-15-23(22)33-25)28(4,39)27(2,3)38)36-10-8-35(9-11-36)16-18-6-7-20(29)12-21(18)30/h6-7,12-15,17,38-39H,5,8-11,16H2,1-4H3/t28-/m1/s1. The van der Waals surface area contributed by atoms with Crippen molar-refractivity contribution in [1.29, 1.82) is 0 Å². The summed E-state index contributed by atoms with van der Waals surface area (Å²) in [5.41, 5.74) is 0.307. The van der Waals surface area contributed by atoms with Crippen molar-refractivity contribution in [2.45, 2.75) is 52.0 Å². The summed E-state index contributed by atoms with van der Waals surface area (Å²) in [6, 6.07) is 5.35.